The Morgan fingerprint density at radius 1 is 1.13 bits per heavy atom. The van der Waals surface area contributed by atoms with E-state index in [1.165, 1.54) is 11.0 Å². The highest BCUT2D eigenvalue weighted by Gasteiger charge is 2.34. The Morgan fingerprint density at radius 3 is 2.83 bits per heavy atom. The van der Waals surface area contributed by atoms with Gasteiger partial charge in [0.2, 0.25) is 6.10 Å². The minimum Gasteiger partial charge on any atom is -0.485 e. The van der Waals surface area contributed by atoms with Crippen LogP contribution < -0.4 is 14.4 Å². The van der Waals surface area contributed by atoms with Gasteiger partial charge in [-0.1, -0.05) is 24.3 Å². The number of carbonyl (C=O) groups excluding carboxylic acids is 1. The van der Waals surface area contributed by atoms with Gasteiger partial charge in [-0.15, -0.1) is 0 Å². The minimum absolute atomic E-state index is 0.135. The number of hydrogen-bond acceptors (Lipinski definition) is 3. The number of amides is 1. The van der Waals surface area contributed by atoms with Crippen molar-refractivity contribution in [3.63, 3.8) is 0 Å². The van der Waals surface area contributed by atoms with Crippen molar-refractivity contribution < 1.29 is 18.7 Å². The van der Waals surface area contributed by atoms with Crippen LogP contribution in [0.5, 0.6) is 11.5 Å². The van der Waals surface area contributed by atoms with E-state index >= 15 is 0 Å². The Hall–Kier alpha value is -2.56. The molecule has 1 unspecified atom stereocenters. The molecule has 2 aromatic rings. The molecule has 0 bridgehead atoms. The van der Waals surface area contributed by atoms with E-state index in [9.17, 15) is 9.18 Å². The van der Waals surface area contributed by atoms with Crippen molar-refractivity contribution >= 4 is 11.6 Å². The molecule has 0 fully saturated rings. The Bertz CT molecular complexity index is 762. The molecule has 5 heteroatoms. The molecule has 0 aliphatic carbocycles. The second kappa shape index (κ2) is 5.57. The van der Waals surface area contributed by atoms with Gasteiger partial charge in [-0.05, 0) is 36.6 Å². The lowest BCUT2D eigenvalue weighted by atomic mass is 10.0. The van der Waals surface area contributed by atoms with Crippen LogP contribution in [0.2, 0.25) is 0 Å². The minimum atomic E-state index is -0.754. The Labute approximate surface area is 133 Å². The monoisotopic (exact) mass is 313 g/mol. The molecule has 2 heterocycles. The molecule has 0 spiro atoms. The van der Waals surface area contributed by atoms with Crippen LogP contribution in [0.1, 0.15) is 12.0 Å². The molecule has 0 saturated heterocycles. The lowest BCUT2D eigenvalue weighted by molar-refractivity contribution is -0.127. The number of anilines is 1. The Morgan fingerprint density at radius 2 is 1.96 bits per heavy atom. The predicted octanol–water partition coefficient (Wildman–Crippen LogP) is 2.94. The summed E-state index contributed by atoms with van der Waals surface area (Å²) in [6.07, 6.45) is 0.837. The van der Waals surface area contributed by atoms with Gasteiger partial charge in [0.1, 0.15) is 12.4 Å². The van der Waals surface area contributed by atoms with E-state index in [1.807, 2.05) is 18.2 Å². The molecule has 4 nitrogen and oxygen atoms in total. The SMILES string of the molecule is O=C(C1COc2ccccc2O1)N1CCCc2cccc(F)c21. The first-order chi connectivity index (χ1) is 11.2. The number of fused-ring (bicyclic) bond motifs is 2. The molecule has 0 radical (unpaired) electrons. The molecule has 118 valence electrons. The third kappa shape index (κ3) is 2.42. The van der Waals surface area contributed by atoms with Crippen molar-refractivity contribution in [1.29, 1.82) is 0 Å². The maximum absolute atomic E-state index is 14.2. The van der Waals surface area contributed by atoms with Crippen molar-refractivity contribution in [2.75, 3.05) is 18.1 Å². The summed E-state index contributed by atoms with van der Waals surface area (Å²) in [5.74, 6) is 0.544. The van der Waals surface area contributed by atoms with Crippen LogP contribution in [0.25, 0.3) is 0 Å². The number of benzene rings is 2. The van der Waals surface area contributed by atoms with Gasteiger partial charge in [-0.25, -0.2) is 4.39 Å². The summed E-state index contributed by atoms with van der Waals surface area (Å²) in [5, 5.41) is 0. The first-order valence-corrected chi connectivity index (χ1v) is 7.71. The molecular weight excluding hydrogens is 297 g/mol. The Balaban J connectivity index is 1.62. The molecule has 1 atom stereocenters. The fourth-order valence-electron chi connectivity index (χ4n) is 3.14. The quantitative estimate of drug-likeness (QED) is 0.812. The van der Waals surface area contributed by atoms with Crippen LogP contribution in [0, 0.1) is 5.82 Å². The summed E-state index contributed by atoms with van der Waals surface area (Å²) in [6.45, 7) is 0.629. The van der Waals surface area contributed by atoms with Gasteiger partial charge in [0.05, 0.1) is 5.69 Å². The van der Waals surface area contributed by atoms with Crippen LogP contribution in [-0.4, -0.2) is 25.2 Å². The maximum atomic E-state index is 14.2. The zero-order valence-electron chi connectivity index (χ0n) is 12.5. The van der Waals surface area contributed by atoms with Crippen molar-refractivity contribution in [3.8, 4) is 11.5 Å². The predicted molar refractivity (Wildman–Crippen MR) is 83.4 cm³/mol. The van der Waals surface area contributed by atoms with E-state index in [2.05, 4.69) is 0 Å². The highest BCUT2D eigenvalue weighted by Crippen LogP contribution is 2.34. The van der Waals surface area contributed by atoms with Gasteiger partial charge in [-0.3, -0.25) is 4.79 Å². The van der Waals surface area contributed by atoms with E-state index in [-0.39, 0.29) is 18.3 Å². The van der Waals surface area contributed by atoms with Gasteiger partial charge in [0, 0.05) is 6.54 Å². The molecule has 2 aromatic carbocycles. The lowest BCUT2D eigenvalue weighted by Gasteiger charge is -2.34. The van der Waals surface area contributed by atoms with Crippen LogP contribution in [-0.2, 0) is 11.2 Å². The first kappa shape index (κ1) is 14.1. The van der Waals surface area contributed by atoms with Gasteiger partial charge >= 0.3 is 0 Å². The zero-order valence-corrected chi connectivity index (χ0v) is 12.5. The summed E-state index contributed by atoms with van der Waals surface area (Å²) >= 11 is 0. The average Bonchev–Trinajstić information content (AvgIpc) is 2.60. The molecule has 2 aliphatic heterocycles. The third-order valence-electron chi connectivity index (χ3n) is 4.22. The molecule has 2 aliphatic rings. The van der Waals surface area contributed by atoms with E-state index in [1.54, 1.807) is 18.2 Å². The van der Waals surface area contributed by atoms with Gasteiger partial charge in [-0.2, -0.15) is 0 Å². The summed E-state index contributed by atoms with van der Waals surface area (Å²) < 4.78 is 25.6. The number of halogens is 1. The van der Waals surface area contributed by atoms with Crippen molar-refractivity contribution in [3.05, 3.63) is 53.8 Å². The fourth-order valence-corrected chi connectivity index (χ4v) is 3.14. The van der Waals surface area contributed by atoms with Gasteiger partial charge in [0.25, 0.3) is 5.91 Å². The lowest BCUT2D eigenvalue weighted by Crippen LogP contribution is -2.48. The average molecular weight is 313 g/mol. The topological polar surface area (TPSA) is 38.8 Å². The fraction of sp³-hybridized carbons (Fsp3) is 0.278. The van der Waals surface area contributed by atoms with E-state index in [0.717, 1.165) is 18.4 Å². The largest absolute Gasteiger partial charge is 0.485 e. The van der Waals surface area contributed by atoms with Crippen LogP contribution in [0.3, 0.4) is 0 Å². The maximum Gasteiger partial charge on any atom is 0.271 e. The van der Waals surface area contributed by atoms with Crippen LogP contribution >= 0.6 is 0 Å². The van der Waals surface area contributed by atoms with Crippen LogP contribution in [0.15, 0.2) is 42.5 Å². The second-order valence-electron chi connectivity index (χ2n) is 5.71. The molecule has 0 saturated carbocycles. The standard InChI is InChI=1S/C18H16FNO3/c19-13-7-3-5-12-6-4-10-20(17(12)13)18(21)16-11-22-14-8-1-2-9-15(14)23-16/h1-3,5,7-9,16H,4,6,10-11H2. The molecule has 0 aromatic heterocycles. The van der Waals surface area contributed by atoms with Crippen molar-refractivity contribution in [1.82, 2.24) is 0 Å². The molecule has 4 rings (SSSR count). The van der Waals surface area contributed by atoms with Crippen molar-refractivity contribution in [2.45, 2.75) is 18.9 Å². The second-order valence-corrected chi connectivity index (χ2v) is 5.71. The highest BCUT2D eigenvalue weighted by molar-refractivity contribution is 5.98. The smallest absolute Gasteiger partial charge is 0.271 e. The highest BCUT2D eigenvalue weighted by atomic mass is 19.1. The number of nitrogens with zero attached hydrogens (tertiary/aromatic N) is 1. The van der Waals surface area contributed by atoms with E-state index in [0.29, 0.717) is 23.7 Å². The molecule has 0 N–H and O–H groups in total. The molecule has 23 heavy (non-hydrogen) atoms. The Kier molecular flexibility index (Phi) is 3.41. The third-order valence-corrected chi connectivity index (χ3v) is 4.22. The number of carbonyl (C=O) groups is 1. The normalized spacial score (nSPS) is 19.2. The summed E-state index contributed by atoms with van der Waals surface area (Å²) in [5.41, 5.74) is 1.24. The summed E-state index contributed by atoms with van der Waals surface area (Å²) in [4.78, 5) is 14.3. The summed E-state index contributed by atoms with van der Waals surface area (Å²) in [7, 11) is 0. The molecule has 1 amide bonds. The number of hydrogen-bond donors (Lipinski definition) is 0. The number of rotatable bonds is 1. The van der Waals surface area contributed by atoms with E-state index < -0.39 is 6.10 Å². The van der Waals surface area contributed by atoms with E-state index in [4.69, 9.17) is 9.47 Å². The van der Waals surface area contributed by atoms with Crippen molar-refractivity contribution in [2.24, 2.45) is 0 Å². The number of aryl methyl sites for hydroxylation is 1. The number of para-hydroxylation sites is 3. The van der Waals surface area contributed by atoms with Gasteiger partial charge in [0.15, 0.2) is 11.5 Å². The van der Waals surface area contributed by atoms with Gasteiger partial charge < -0.3 is 14.4 Å². The van der Waals surface area contributed by atoms with Crippen LogP contribution in [0.4, 0.5) is 10.1 Å². The first-order valence-electron chi connectivity index (χ1n) is 7.71. The zero-order chi connectivity index (χ0) is 15.8. The summed E-state index contributed by atoms with van der Waals surface area (Å²) in [6, 6.07) is 12.2. The molecular formula is C18H16FNO3. The number of ether oxygens (including phenoxy) is 2.